The lowest BCUT2D eigenvalue weighted by Crippen LogP contribution is -2.54. The summed E-state index contributed by atoms with van der Waals surface area (Å²) in [6, 6.07) is 8.99. The van der Waals surface area contributed by atoms with Crippen LogP contribution < -0.4 is 20.7 Å². The summed E-state index contributed by atoms with van der Waals surface area (Å²) in [4.78, 5) is 30.2. The summed E-state index contributed by atoms with van der Waals surface area (Å²) in [6.07, 6.45) is -7.85. The lowest BCUT2D eigenvalue weighted by atomic mass is 9.67. The average molecular weight is 723 g/mol. The minimum atomic E-state index is -4.69. The van der Waals surface area contributed by atoms with Crippen LogP contribution in [0.5, 0.6) is 5.75 Å². The molecule has 5 rings (SSSR count). The van der Waals surface area contributed by atoms with Crippen LogP contribution in [0.3, 0.4) is 0 Å². The van der Waals surface area contributed by atoms with Gasteiger partial charge in [-0.3, -0.25) is 9.59 Å². The first-order valence-corrected chi connectivity index (χ1v) is 15.0. The molecule has 47 heavy (non-hydrogen) atoms. The Labute approximate surface area is 278 Å². The second-order valence-corrected chi connectivity index (χ2v) is 11.9. The van der Waals surface area contributed by atoms with Crippen molar-refractivity contribution in [2.45, 2.75) is 38.4 Å². The van der Waals surface area contributed by atoms with Crippen LogP contribution >= 0.6 is 34.8 Å². The third kappa shape index (κ3) is 6.90. The molecule has 3 aromatic carbocycles. The maximum atomic E-state index is 13.6. The van der Waals surface area contributed by atoms with E-state index in [2.05, 4.69) is 20.9 Å². The molecule has 8 nitrogen and oxygen atoms in total. The van der Waals surface area contributed by atoms with Gasteiger partial charge in [-0.2, -0.15) is 13.2 Å². The minimum absolute atomic E-state index is 0.00138. The molecule has 1 aliphatic carbocycles. The van der Waals surface area contributed by atoms with Crippen molar-refractivity contribution in [1.29, 1.82) is 0 Å². The lowest BCUT2D eigenvalue weighted by Gasteiger charge is -2.41. The lowest BCUT2D eigenvalue weighted by molar-refractivity contribution is -0.243. The van der Waals surface area contributed by atoms with E-state index in [9.17, 15) is 35.9 Å². The molecule has 1 aliphatic rings. The number of aromatic nitrogens is 2. The average Bonchev–Trinajstić information content (AvgIpc) is 3.27. The Morgan fingerprint density at radius 1 is 1.06 bits per heavy atom. The highest BCUT2D eigenvalue weighted by Crippen LogP contribution is 2.53. The van der Waals surface area contributed by atoms with Gasteiger partial charge in [-0.25, -0.2) is 18.2 Å². The van der Waals surface area contributed by atoms with Crippen LogP contribution in [-0.2, 0) is 18.4 Å². The molecule has 1 saturated carbocycles. The maximum absolute atomic E-state index is 13.6. The van der Waals surface area contributed by atoms with Crippen molar-refractivity contribution in [3.63, 3.8) is 0 Å². The first-order valence-electron chi connectivity index (χ1n) is 13.9. The molecule has 250 valence electrons. The quantitative estimate of drug-likeness (QED) is 0.143. The van der Waals surface area contributed by atoms with E-state index in [4.69, 9.17) is 39.5 Å². The molecule has 3 N–H and O–H groups in total. The first-order chi connectivity index (χ1) is 22.1. The molecular formula is C30H24Cl3F6N5O3. The van der Waals surface area contributed by atoms with Crippen molar-refractivity contribution in [3.05, 3.63) is 74.5 Å². The summed E-state index contributed by atoms with van der Waals surface area (Å²) in [5.41, 5.74) is -1.52. The number of hydrogen-bond donors (Lipinski definition) is 3. The number of rotatable bonds is 10. The van der Waals surface area contributed by atoms with E-state index in [1.54, 1.807) is 7.05 Å². The van der Waals surface area contributed by atoms with Crippen molar-refractivity contribution >= 4 is 75.0 Å². The standard InChI is InChI=1S/C30H24Cl3F6N5O3/c1-44-21-11-22(47-13-23(35)36)16(26(45)41-15-4-6-19(34)18(32)9-15)10-20(21)42-28(44)43-25-17(31)5-3-14(24(25)33)12-40-27(46)29(7-2-8-29)30(37,38)39/h3-6,9-11,23H,2,7-8,12-13H2,1H3,(H,40,46)(H,41,45)(H,42,43). The Kier molecular flexibility index (Phi) is 9.76. The molecule has 0 radical (unpaired) electrons. The fraction of sp³-hybridized carbons (Fsp3) is 0.300. The first kappa shape index (κ1) is 34.5. The molecule has 1 heterocycles. The van der Waals surface area contributed by atoms with Crippen molar-refractivity contribution in [1.82, 2.24) is 14.9 Å². The minimum Gasteiger partial charge on any atom is -0.487 e. The largest absolute Gasteiger partial charge is 0.487 e. The van der Waals surface area contributed by atoms with Gasteiger partial charge in [-0.05, 0) is 48.7 Å². The van der Waals surface area contributed by atoms with Crippen molar-refractivity contribution in [2.24, 2.45) is 12.5 Å². The molecule has 0 unspecified atom stereocenters. The number of imidazole rings is 1. The van der Waals surface area contributed by atoms with Gasteiger partial charge in [0.15, 0.2) is 0 Å². The number of carbonyl (C=O) groups excluding carboxylic acids is 2. The molecule has 0 aliphatic heterocycles. The van der Waals surface area contributed by atoms with Crippen LogP contribution in [0.2, 0.25) is 15.1 Å². The smallest absolute Gasteiger partial charge is 0.403 e. The number of anilines is 3. The molecule has 4 aromatic rings. The van der Waals surface area contributed by atoms with Gasteiger partial charge in [0.2, 0.25) is 11.9 Å². The van der Waals surface area contributed by atoms with Crippen LogP contribution in [-0.4, -0.2) is 40.6 Å². The zero-order chi connectivity index (χ0) is 34.3. The Bertz CT molecular complexity index is 1860. The molecule has 0 saturated heterocycles. The molecule has 2 amide bonds. The molecule has 0 bridgehead atoms. The van der Waals surface area contributed by atoms with Gasteiger partial charge in [0.05, 0.1) is 37.4 Å². The second-order valence-electron chi connectivity index (χ2n) is 10.8. The zero-order valence-corrected chi connectivity index (χ0v) is 26.4. The summed E-state index contributed by atoms with van der Waals surface area (Å²) in [7, 11) is 1.57. The van der Waals surface area contributed by atoms with Gasteiger partial charge < -0.3 is 25.3 Å². The molecular weight excluding hydrogens is 699 g/mol. The van der Waals surface area contributed by atoms with Crippen molar-refractivity contribution in [3.8, 4) is 5.75 Å². The fourth-order valence-corrected chi connectivity index (χ4v) is 5.74. The van der Waals surface area contributed by atoms with Crippen LogP contribution in [0.15, 0.2) is 42.5 Å². The Morgan fingerprint density at radius 3 is 2.40 bits per heavy atom. The van der Waals surface area contributed by atoms with Crippen LogP contribution in [0, 0.1) is 11.2 Å². The number of fused-ring (bicyclic) bond motifs is 1. The monoisotopic (exact) mass is 721 g/mol. The van der Waals surface area contributed by atoms with E-state index in [0.29, 0.717) is 5.52 Å². The molecule has 0 atom stereocenters. The van der Waals surface area contributed by atoms with E-state index >= 15 is 0 Å². The van der Waals surface area contributed by atoms with Gasteiger partial charge >= 0.3 is 6.18 Å². The molecule has 17 heteroatoms. The third-order valence-corrected chi connectivity index (χ3v) is 8.84. The zero-order valence-electron chi connectivity index (χ0n) is 24.2. The number of ether oxygens (including phenoxy) is 1. The Hall–Kier alpha value is -3.88. The Morgan fingerprint density at radius 2 is 1.79 bits per heavy atom. The molecule has 1 aromatic heterocycles. The Balaban J connectivity index is 1.43. The van der Waals surface area contributed by atoms with Gasteiger partial charge in [-0.1, -0.05) is 47.3 Å². The number of halogens is 9. The van der Waals surface area contributed by atoms with Crippen molar-refractivity contribution in [2.75, 3.05) is 17.2 Å². The summed E-state index contributed by atoms with van der Waals surface area (Å²) in [6.45, 7) is -1.33. The number of amides is 2. The van der Waals surface area contributed by atoms with E-state index in [1.165, 1.54) is 41.0 Å². The van der Waals surface area contributed by atoms with Crippen LogP contribution in [0.4, 0.5) is 43.7 Å². The second kappa shape index (κ2) is 13.3. The number of nitrogens with zero attached hydrogens (tertiary/aromatic N) is 2. The third-order valence-electron chi connectivity index (χ3n) is 7.80. The summed E-state index contributed by atoms with van der Waals surface area (Å²) < 4.78 is 87.2. The number of nitrogens with one attached hydrogen (secondary N) is 3. The number of alkyl halides is 5. The maximum Gasteiger partial charge on any atom is 0.403 e. The van der Waals surface area contributed by atoms with E-state index in [0.717, 1.165) is 6.07 Å². The summed E-state index contributed by atoms with van der Waals surface area (Å²) >= 11 is 18.8. The predicted octanol–water partition coefficient (Wildman–Crippen LogP) is 8.66. The van der Waals surface area contributed by atoms with Gasteiger partial charge in [0.25, 0.3) is 12.3 Å². The van der Waals surface area contributed by atoms with E-state index < -0.39 is 42.3 Å². The van der Waals surface area contributed by atoms with Crippen LogP contribution in [0.25, 0.3) is 11.0 Å². The van der Waals surface area contributed by atoms with E-state index in [1.807, 2.05) is 0 Å². The van der Waals surface area contributed by atoms with Crippen molar-refractivity contribution < 1.29 is 40.7 Å². The highest BCUT2D eigenvalue weighted by atomic mass is 35.5. The van der Waals surface area contributed by atoms with Gasteiger partial charge in [-0.15, -0.1) is 0 Å². The van der Waals surface area contributed by atoms with Gasteiger partial charge in [0.1, 0.15) is 23.6 Å². The SMILES string of the molecule is Cn1c(Nc2c(Cl)ccc(CNC(=O)C3(C(F)(F)F)CCC3)c2Cl)nc2cc(C(=O)Nc3ccc(F)c(Cl)c3)c(OCC(F)F)cc21. The highest BCUT2D eigenvalue weighted by molar-refractivity contribution is 6.39. The molecule has 1 fully saturated rings. The topological polar surface area (TPSA) is 97.3 Å². The highest BCUT2D eigenvalue weighted by Gasteiger charge is 2.63. The summed E-state index contributed by atoms with van der Waals surface area (Å²) in [5.74, 6) is -2.71. The number of carbonyl (C=O) groups is 2. The van der Waals surface area contributed by atoms with E-state index in [-0.39, 0.29) is 80.6 Å². The van der Waals surface area contributed by atoms with Gasteiger partial charge in [0, 0.05) is 25.3 Å². The summed E-state index contributed by atoms with van der Waals surface area (Å²) in [5, 5.41) is 7.66. The fourth-order valence-electron chi connectivity index (χ4n) is 5.03. The normalized spacial score (nSPS) is 14.2. The number of benzene rings is 3. The molecule has 0 spiro atoms. The number of aryl methyl sites for hydroxylation is 1. The predicted molar refractivity (Wildman–Crippen MR) is 166 cm³/mol. The van der Waals surface area contributed by atoms with Crippen LogP contribution in [0.1, 0.15) is 35.2 Å². The number of hydrogen-bond acceptors (Lipinski definition) is 5.